The van der Waals surface area contributed by atoms with E-state index in [1.165, 1.54) is 9.80 Å². The van der Waals surface area contributed by atoms with Crippen molar-refractivity contribution in [2.75, 3.05) is 23.3 Å². The maximum absolute atomic E-state index is 13.0. The fourth-order valence-electron chi connectivity index (χ4n) is 3.12. The van der Waals surface area contributed by atoms with Crippen LogP contribution in [0.15, 0.2) is 30.7 Å². The van der Waals surface area contributed by atoms with Gasteiger partial charge in [0.25, 0.3) is 0 Å². The Kier molecular flexibility index (Phi) is 6.13. The van der Waals surface area contributed by atoms with E-state index >= 15 is 0 Å². The van der Waals surface area contributed by atoms with Gasteiger partial charge in [0.05, 0.1) is 24.0 Å². The largest absolute Gasteiger partial charge is 0.416 e. The van der Waals surface area contributed by atoms with E-state index in [2.05, 4.69) is 20.3 Å². The number of hydrogen-bond acceptors (Lipinski definition) is 5. The highest BCUT2D eigenvalue weighted by molar-refractivity contribution is 5.98. The van der Waals surface area contributed by atoms with Crippen LogP contribution in [0.2, 0.25) is 0 Å². The molecule has 0 spiro atoms. The molecule has 30 heavy (non-hydrogen) atoms. The van der Waals surface area contributed by atoms with Gasteiger partial charge in [0.1, 0.15) is 12.4 Å². The van der Waals surface area contributed by atoms with Crippen molar-refractivity contribution in [1.29, 1.82) is 0 Å². The maximum Gasteiger partial charge on any atom is 0.416 e. The molecule has 160 valence electrons. The van der Waals surface area contributed by atoms with Gasteiger partial charge in [-0.05, 0) is 18.6 Å². The summed E-state index contributed by atoms with van der Waals surface area (Å²) < 4.78 is 51.5. The predicted octanol–water partition coefficient (Wildman–Crippen LogP) is 3.08. The summed E-state index contributed by atoms with van der Waals surface area (Å²) in [6.07, 6.45) is -0.316. The lowest BCUT2D eigenvalue weighted by atomic mass is 10.1. The lowest BCUT2D eigenvalue weighted by Crippen LogP contribution is -2.41. The van der Waals surface area contributed by atoms with Crippen LogP contribution in [0, 0.1) is 5.95 Å². The minimum Gasteiger partial charge on any atom is -0.310 e. The molecule has 2 aromatic heterocycles. The summed E-state index contributed by atoms with van der Waals surface area (Å²) in [7, 11) is 0. The van der Waals surface area contributed by atoms with Gasteiger partial charge in [-0.3, -0.25) is 9.69 Å². The highest BCUT2D eigenvalue weighted by Crippen LogP contribution is 2.30. The van der Waals surface area contributed by atoms with E-state index < -0.39 is 29.6 Å². The first-order valence-corrected chi connectivity index (χ1v) is 9.07. The van der Waals surface area contributed by atoms with Crippen molar-refractivity contribution in [1.82, 2.24) is 19.9 Å². The normalized spacial score (nSPS) is 16.8. The smallest absolute Gasteiger partial charge is 0.310 e. The van der Waals surface area contributed by atoms with E-state index in [0.717, 1.165) is 31.1 Å². The third kappa shape index (κ3) is 4.81. The van der Waals surface area contributed by atoms with E-state index in [1.807, 2.05) is 6.92 Å². The lowest BCUT2D eigenvalue weighted by molar-refractivity contribution is -0.137. The van der Waals surface area contributed by atoms with E-state index in [1.54, 1.807) is 0 Å². The zero-order valence-corrected chi connectivity index (χ0v) is 15.9. The van der Waals surface area contributed by atoms with Crippen LogP contribution in [0.4, 0.5) is 34.0 Å². The molecule has 0 aliphatic carbocycles. The third-order valence-electron chi connectivity index (χ3n) is 4.48. The van der Waals surface area contributed by atoms with E-state index in [9.17, 15) is 27.2 Å². The first-order valence-electron chi connectivity index (χ1n) is 9.07. The molecule has 0 aromatic carbocycles. The summed E-state index contributed by atoms with van der Waals surface area (Å²) in [5.41, 5.74) is -0.949. The molecule has 0 unspecified atom stereocenters. The molecule has 1 aliphatic rings. The first-order chi connectivity index (χ1) is 14.2. The van der Waals surface area contributed by atoms with Gasteiger partial charge in [0.15, 0.2) is 5.82 Å². The Bertz CT molecular complexity index is 922. The van der Waals surface area contributed by atoms with E-state index in [0.29, 0.717) is 12.5 Å². The number of nitrogens with zero attached hydrogens (tertiary/aromatic N) is 5. The van der Waals surface area contributed by atoms with Crippen LogP contribution >= 0.6 is 0 Å². The maximum atomic E-state index is 13.0. The Balaban J connectivity index is 1.72. The highest BCUT2D eigenvalue weighted by Gasteiger charge is 2.39. The monoisotopic (exact) mass is 426 g/mol. The molecular formula is C18H18F4N6O2. The molecule has 1 saturated heterocycles. The average Bonchev–Trinajstić information content (AvgIpc) is 2.98. The standard InChI is InChI=1S/C18H18F4N6O2/c1-2-3-12-9-28(15-8-24-13(19)7-25-15)17(30)27(12)10-16(29)26-14-6-11(4-5-23-14)18(20,21)22/h4-8,12H,2-3,9-10H2,1H3,(H,23,26,29)/t12-/m0/s1. The molecule has 1 atom stereocenters. The summed E-state index contributed by atoms with van der Waals surface area (Å²) in [6, 6.07) is 0.655. The van der Waals surface area contributed by atoms with Gasteiger partial charge in [0.2, 0.25) is 11.9 Å². The Labute approximate surface area is 168 Å². The Morgan fingerprint density at radius 3 is 2.67 bits per heavy atom. The molecule has 1 fully saturated rings. The van der Waals surface area contributed by atoms with Crippen molar-refractivity contribution in [3.05, 3.63) is 42.2 Å². The van der Waals surface area contributed by atoms with Gasteiger partial charge >= 0.3 is 12.2 Å². The number of rotatable bonds is 6. The van der Waals surface area contributed by atoms with Gasteiger partial charge in [-0.25, -0.2) is 19.7 Å². The topological polar surface area (TPSA) is 91.3 Å². The van der Waals surface area contributed by atoms with Crippen LogP contribution in [-0.2, 0) is 11.0 Å². The van der Waals surface area contributed by atoms with Crippen molar-refractivity contribution in [3.8, 4) is 0 Å². The highest BCUT2D eigenvalue weighted by atomic mass is 19.4. The number of carbonyl (C=O) groups excluding carboxylic acids is 2. The van der Waals surface area contributed by atoms with Crippen LogP contribution in [0.5, 0.6) is 0 Å². The molecule has 12 heteroatoms. The molecule has 0 radical (unpaired) electrons. The molecule has 1 aliphatic heterocycles. The van der Waals surface area contributed by atoms with Crippen LogP contribution in [0.1, 0.15) is 25.3 Å². The average molecular weight is 426 g/mol. The van der Waals surface area contributed by atoms with Crippen LogP contribution < -0.4 is 10.2 Å². The number of aromatic nitrogens is 3. The number of urea groups is 1. The fourth-order valence-corrected chi connectivity index (χ4v) is 3.12. The number of pyridine rings is 1. The number of nitrogens with one attached hydrogen (secondary N) is 1. The molecule has 2 aromatic rings. The quantitative estimate of drug-likeness (QED) is 0.717. The van der Waals surface area contributed by atoms with Gasteiger partial charge in [-0.15, -0.1) is 0 Å². The molecule has 3 heterocycles. The lowest BCUT2D eigenvalue weighted by Gasteiger charge is -2.22. The molecule has 0 saturated carbocycles. The Morgan fingerprint density at radius 2 is 2.03 bits per heavy atom. The minimum absolute atomic E-state index is 0.143. The Morgan fingerprint density at radius 1 is 1.27 bits per heavy atom. The van der Waals surface area contributed by atoms with E-state index in [-0.39, 0.29) is 30.8 Å². The molecule has 0 bridgehead atoms. The zero-order valence-electron chi connectivity index (χ0n) is 15.9. The van der Waals surface area contributed by atoms with Gasteiger partial charge in [-0.1, -0.05) is 13.3 Å². The Hall–Kier alpha value is -3.31. The SMILES string of the molecule is CCC[C@H]1CN(c2cnc(F)cn2)C(=O)N1CC(=O)Nc1cc(C(F)(F)F)ccn1. The second-order valence-corrected chi connectivity index (χ2v) is 6.64. The van der Waals surface area contributed by atoms with E-state index in [4.69, 9.17) is 0 Å². The summed E-state index contributed by atoms with van der Waals surface area (Å²) in [5.74, 6) is -1.61. The number of hydrogen-bond donors (Lipinski definition) is 1. The second-order valence-electron chi connectivity index (χ2n) is 6.64. The minimum atomic E-state index is -4.57. The third-order valence-corrected chi connectivity index (χ3v) is 4.48. The number of halogens is 4. The molecular weight excluding hydrogens is 408 g/mol. The van der Waals surface area contributed by atoms with Crippen molar-refractivity contribution in [3.63, 3.8) is 0 Å². The molecule has 8 nitrogen and oxygen atoms in total. The van der Waals surface area contributed by atoms with Crippen molar-refractivity contribution in [2.45, 2.75) is 32.0 Å². The first kappa shape index (κ1) is 21.4. The number of alkyl halides is 3. The van der Waals surface area contributed by atoms with Crippen molar-refractivity contribution >= 4 is 23.6 Å². The molecule has 3 rings (SSSR count). The second kappa shape index (κ2) is 8.59. The number of anilines is 2. The molecule has 3 amide bonds. The number of carbonyl (C=O) groups is 2. The van der Waals surface area contributed by atoms with Gasteiger partial charge < -0.3 is 10.2 Å². The van der Waals surface area contributed by atoms with Crippen molar-refractivity contribution in [2.24, 2.45) is 0 Å². The predicted molar refractivity (Wildman–Crippen MR) is 98.0 cm³/mol. The number of amides is 3. The zero-order chi connectivity index (χ0) is 21.9. The van der Waals surface area contributed by atoms with Crippen molar-refractivity contribution < 1.29 is 27.2 Å². The summed E-state index contributed by atoms with van der Waals surface area (Å²) in [6.45, 7) is 1.75. The summed E-state index contributed by atoms with van der Waals surface area (Å²) in [4.78, 5) is 38.8. The fraction of sp³-hybridized carbons (Fsp3) is 0.389. The summed E-state index contributed by atoms with van der Waals surface area (Å²) in [5, 5.41) is 2.29. The van der Waals surface area contributed by atoms with Crippen LogP contribution in [0.3, 0.4) is 0 Å². The van der Waals surface area contributed by atoms with Gasteiger partial charge in [-0.2, -0.15) is 17.6 Å². The van der Waals surface area contributed by atoms with Crippen LogP contribution in [0.25, 0.3) is 0 Å². The van der Waals surface area contributed by atoms with Gasteiger partial charge in [0, 0.05) is 12.7 Å². The molecule has 1 N–H and O–H groups in total. The van der Waals surface area contributed by atoms with Crippen LogP contribution in [-0.4, -0.2) is 50.9 Å². The summed E-state index contributed by atoms with van der Waals surface area (Å²) >= 11 is 0.